The minimum atomic E-state index is 0.725. The van der Waals surface area contributed by atoms with Crippen LogP contribution >= 0.6 is 0 Å². The van der Waals surface area contributed by atoms with Crippen molar-refractivity contribution in [3.05, 3.63) is 17.5 Å². The maximum absolute atomic E-state index is 4.41. The average molecular weight is 166 g/mol. The summed E-state index contributed by atoms with van der Waals surface area (Å²) in [6.07, 6.45) is 1.22. The van der Waals surface area contributed by atoms with E-state index in [0.29, 0.717) is 0 Å². The second kappa shape index (κ2) is 3.74. The fourth-order valence-electron chi connectivity index (χ4n) is 1.28. The third-order valence-electron chi connectivity index (χ3n) is 2.28. The molecule has 1 heterocycles. The van der Waals surface area contributed by atoms with E-state index < -0.39 is 0 Å². The molecule has 0 saturated carbocycles. The third kappa shape index (κ3) is 2.10. The molecule has 1 aromatic heterocycles. The predicted octanol–water partition coefficient (Wildman–Crippen LogP) is 2.55. The molecule has 0 N–H and O–H groups in total. The van der Waals surface area contributed by atoms with Crippen LogP contribution in [0.25, 0.3) is 0 Å². The standard InChI is InChI=1S/C10H18N2/c1-5-8(2)7-12-10(4)6-9(3)11-12/h6,8H,5,7H2,1-4H3. The van der Waals surface area contributed by atoms with E-state index in [0.717, 1.165) is 18.2 Å². The van der Waals surface area contributed by atoms with Crippen LogP contribution in [0.2, 0.25) is 0 Å². The summed E-state index contributed by atoms with van der Waals surface area (Å²) in [5.74, 6) is 0.725. The Labute approximate surface area is 74.6 Å². The highest BCUT2D eigenvalue weighted by Crippen LogP contribution is 2.08. The van der Waals surface area contributed by atoms with E-state index >= 15 is 0 Å². The lowest BCUT2D eigenvalue weighted by atomic mass is 10.1. The zero-order valence-electron chi connectivity index (χ0n) is 8.46. The molecule has 0 fully saturated rings. The van der Waals surface area contributed by atoms with Gasteiger partial charge in [-0.25, -0.2) is 0 Å². The first-order valence-corrected chi connectivity index (χ1v) is 4.64. The van der Waals surface area contributed by atoms with Crippen molar-refractivity contribution in [3.8, 4) is 0 Å². The van der Waals surface area contributed by atoms with Gasteiger partial charge in [-0.05, 0) is 25.8 Å². The Balaban J connectivity index is 2.68. The van der Waals surface area contributed by atoms with Crippen LogP contribution in [0.15, 0.2) is 6.07 Å². The molecule has 12 heavy (non-hydrogen) atoms. The van der Waals surface area contributed by atoms with Crippen molar-refractivity contribution in [1.82, 2.24) is 9.78 Å². The summed E-state index contributed by atoms with van der Waals surface area (Å²) >= 11 is 0. The van der Waals surface area contributed by atoms with E-state index in [1.807, 2.05) is 6.92 Å². The summed E-state index contributed by atoms with van der Waals surface area (Å²) in [5, 5.41) is 4.41. The van der Waals surface area contributed by atoms with Gasteiger partial charge in [-0.3, -0.25) is 4.68 Å². The van der Waals surface area contributed by atoms with Crippen LogP contribution in [0, 0.1) is 19.8 Å². The summed E-state index contributed by atoms with van der Waals surface area (Å²) in [5.41, 5.74) is 2.39. The molecular weight excluding hydrogens is 148 g/mol. The molecule has 0 amide bonds. The minimum absolute atomic E-state index is 0.725. The molecule has 2 heteroatoms. The van der Waals surface area contributed by atoms with Gasteiger partial charge >= 0.3 is 0 Å². The van der Waals surface area contributed by atoms with Crippen LogP contribution in [-0.2, 0) is 6.54 Å². The molecule has 1 aromatic rings. The molecule has 0 bridgehead atoms. The molecule has 0 aliphatic carbocycles. The van der Waals surface area contributed by atoms with Crippen LogP contribution in [0.4, 0.5) is 0 Å². The molecule has 1 rings (SSSR count). The Hall–Kier alpha value is -0.790. The van der Waals surface area contributed by atoms with Crippen molar-refractivity contribution in [2.45, 2.75) is 40.7 Å². The molecule has 0 aliphatic rings. The van der Waals surface area contributed by atoms with E-state index in [9.17, 15) is 0 Å². The summed E-state index contributed by atoms with van der Waals surface area (Å²) in [6.45, 7) is 9.69. The fraction of sp³-hybridized carbons (Fsp3) is 0.700. The Morgan fingerprint density at radius 3 is 2.58 bits per heavy atom. The smallest absolute Gasteiger partial charge is 0.0596 e. The molecule has 0 saturated heterocycles. The van der Waals surface area contributed by atoms with Crippen LogP contribution < -0.4 is 0 Å². The summed E-state index contributed by atoms with van der Waals surface area (Å²) in [6, 6.07) is 2.13. The third-order valence-corrected chi connectivity index (χ3v) is 2.28. The van der Waals surface area contributed by atoms with Crippen molar-refractivity contribution >= 4 is 0 Å². The summed E-state index contributed by atoms with van der Waals surface area (Å²) in [4.78, 5) is 0. The first kappa shape index (κ1) is 9.30. The highest BCUT2D eigenvalue weighted by atomic mass is 15.3. The van der Waals surface area contributed by atoms with Crippen molar-refractivity contribution in [1.29, 1.82) is 0 Å². The van der Waals surface area contributed by atoms with Crippen molar-refractivity contribution in [3.63, 3.8) is 0 Å². The van der Waals surface area contributed by atoms with Crippen LogP contribution in [0.3, 0.4) is 0 Å². The SMILES string of the molecule is CCC(C)Cn1nc(C)cc1C. The summed E-state index contributed by atoms with van der Waals surface area (Å²) < 4.78 is 2.10. The first-order valence-electron chi connectivity index (χ1n) is 4.64. The number of rotatable bonds is 3. The molecule has 0 aromatic carbocycles. The molecule has 0 spiro atoms. The molecule has 2 nitrogen and oxygen atoms in total. The van der Waals surface area contributed by atoms with E-state index in [1.54, 1.807) is 0 Å². The Morgan fingerprint density at radius 2 is 2.17 bits per heavy atom. The van der Waals surface area contributed by atoms with Gasteiger partial charge in [0.2, 0.25) is 0 Å². The van der Waals surface area contributed by atoms with Crippen LogP contribution in [0.5, 0.6) is 0 Å². The van der Waals surface area contributed by atoms with Gasteiger partial charge in [-0.2, -0.15) is 5.10 Å². The minimum Gasteiger partial charge on any atom is -0.269 e. The number of nitrogens with zero attached hydrogens (tertiary/aromatic N) is 2. The number of hydrogen-bond acceptors (Lipinski definition) is 1. The van der Waals surface area contributed by atoms with E-state index in [1.165, 1.54) is 12.1 Å². The summed E-state index contributed by atoms with van der Waals surface area (Å²) in [7, 11) is 0. The van der Waals surface area contributed by atoms with E-state index in [2.05, 4.69) is 36.6 Å². The monoisotopic (exact) mass is 166 g/mol. The highest BCUT2D eigenvalue weighted by molar-refractivity contribution is 5.06. The zero-order valence-corrected chi connectivity index (χ0v) is 8.46. The second-order valence-electron chi connectivity index (χ2n) is 3.62. The van der Waals surface area contributed by atoms with E-state index in [-0.39, 0.29) is 0 Å². The van der Waals surface area contributed by atoms with Crippen LogP contribution in [-0.4, -0.2) is 9.78 Å². The number of aryl methyl sites for hydroxylation is 2. The van der Waals surface area contributed by atoms with Gasteiger partial charge in [0.25, 0.3) is 0 Å². The quantitative estimate of drug-likeness (QED) is 0.674. The topological polar surface area (TPSA) is 17.8 Å². The maximum Gasteiger partial charge on any atom is 0.0596 e. The Kier molecular flexibility index (Phi) is 2.90. The van der Waals surface area contributed by atoms with Crippen molar-refractivity contribution in [2.75, 3.05) is 0 Å². The largest absolute Gasteiger partial charge is 0.269 e. The van der Waals surface area contributed by atoms with Gasteiger partial charge in [0.1, 0.15) is 0 Å². The van der Waals surface area contributed by atoms with Gasteiger partial charge in [-0.15, -0.1) is 0 Å². The van der Waals surface area contributed by atoms with Gasteiger partial charge in [0, 0.05) is 12.2 Å². The molecule has 1 atom stereocenters. The molecule has 0 radical (unpaired) electrons. The molecular formula is C10H18N2. The lowest BCUT2D eigenvalue weighted by Gasteiger charge is -2.09. The first-order chi connectivity index (χ1) is 5.63. The predicted molar refractivity (Wildman–Crippen MR) is 51.2 cm³/mol. The lowest BCUT2D eigenvalue weighted by molar-refractivity contribution is 0.431. The Bertz CT molecular complexity index is 250. The van der Waals surface area contributed by atoms with Gasteiger partial charge in [0.05, 0.1) is 5.69 Å². The molecule has 68 valence electrons. The average Bonchev–Trinajstić information content (AvgIpc) is 2.30. The van der Waals surface area contributed by atoms with Crippen LogP contribution in [0.1, 0.15) is 31.7 Å². The lowest BCUT2D eigenvalue weighted by Crippen LogP contribution is -2.09. The molecule has 1 unspecified atom stereocenters. The fourth-order valence-corrected chi connectivity index (χ4v) is 1.28. The highest BCUT2D eigenvalue weighted by Gasteiger charge is 2.04. The Morgan fingerprint density at radius 1 is 1.50 bits per heavy atom. The van der Waals surface area contributed by atoms with Crippen molar-refractivity contribution in [2.24, 2.45) is 5.92 Å². The second-order valence-corrected chi connectivity index (χ2v) is 3.62. The number of aromatic nitrogens is 2. The normalized spacial score (nSPS) is 13.3. The molecule has 0 aliphatic heterocycles. The van der Waals surface area contributed by atoms with Gasteiger partial charge < -0.3 is 0 Å². The van der Waals surface area contributed by atoms with Gasteiger partial charge in [0.15, 0.2) is 0 Å². The van der Waals surface area contributed by atoms with E-state index in [4.69, 9.17) is 0 Å². The maximum atomic E-state index is 4.41. The number of hydrogen-bond donors (Lipinski definition) is 0. The zero-order chi connectivity index (χ0) is 9.14. The van der Waals surface area contributed by atoms with Gasteiger partial charge in [-0.1, -0.05) is 20.3 Å². The van der Waals surface area contributed by atoms with Crippen molar-refractivity contribution < 1.29 is 0 Å².